The molecule has 33 heavy (non-hydrogen) atoms. The van der Waals surface area contributed by atoms with Crippen LogP contribution in [0.2, 0.25) is 0 Å². The van der Waals surface area contributed by atoms with Gasteiger partial charge in [-0.25, -0.2) is 0 Å². The van der Waals surface area contributed by atoms with Gasteiger partial charge in [-0.05, 0) is 39.7 Å². The van der Waals surface area contributed by atoms with E-state index in [2.05, 4.69) is 13.5 Å². The molecule has 0 aromatic heterocycles. The molecule has 0 saturated heterocycles. The lowest BCUT2D eigenvalue weighted by atomic mass is 9.74. The molecule has 0 aromatic carbocycles. The molecule has 188 valence electrons. The molecule has 1 fully saturated rings. The van der Waals surface area contributed by atoms with Crippen molar-refractivity contribution < 1.29 is 38.1 Å². The molecule has 0 aliphatic heterocycles. The lowest BCUT2D eigenvalue weighted by Gasteiger charge is -2.31. The first kappa shape index (κ1) is 28.7. The minimum atomic E-state index is -1.99. The van der Waals surface area contributed by atoms with Gasteiger partial charge in [0.2, 0.25) is 0 Å². The third-order valence-electron chi connectivity index (χ3n) is 6.23. The van der Waals surface area contributed by atoms with Gasteiger partial charge in [0.1, 0.15) is 0 Å². The summed E-state index contributed by atoms with van der Waals surface area (Å²) in [4.78, 5) is 53.1. The Morgan fingerprint density at radius 1 is 0.727 bits per heavy atom. The van der Waals surface area contributed by atoms with E-state index >= 15 is 0 Å². The van der Waals surface area contributed by atoms with Gasteiger partial charge in [0.05, 0.1) is 26.4 Å². The Morgan fingerprint density at radius 2 is 1.15 bits per heavy atom. The van der Waals surface area contributed by atoms with Gasteiger partial charge < -0.3 is 18.9 Å². The maximum Gasteiger partial charge on any atom is 0.327 e. The van der Waals surface area contributed by atoms with Gasteiger partial charge in [-0.2, -0.15) is 0 Å². The Labute approximate surface area is 197 Å². The zero-order valence-corrected chi connectivity index (χ0v) is 20.8. The molecule has 0 N–H and O–H groups in total. The third-order valence-corrected chi connectivity index (χ3v) is 6.23. The summed E-state index contributed by atoms with van der Waals surface area (Å²) in [6.07, 6.45) is 4.61. The van der Waals surface area contributed by atoms with E-state index in [4.69, 9.17) is 18.9 Å². The maximum absolute atomic E-state index is 13.4. The highest BCUT2D eigenvalue weighted by molar-refractivity contribution is 6.10. The van der Waals surface area contributed by atoms with E-state index in [9.17, 15) is 19.2 Å². The Bertz CT molecular complexity index is 675. The summed E-state index contributed by atoms with van der Waals surface area (Å²) in [5, 5.41) is 0. The largest absolute Gasteiger partial charge is 0.465 e. The summed E-state index contributed by atoms with van der Waals surface area (Å²) in [5.41, 5.74) is -3.72. The van der Waals surface area contributed by atoms with Gasteiger partial charge in [-0.1, -0.05) is 45.6 Å². The predicted octanol–water partition coefficient (Wildman–Crippen LogP) is 4.15. The van der Waals surface area contributed by atoms with E-state index in [0.717, 1.165) is 25.7 Å². The molecule has 1 atom stereocenters. The van der Waals surface area contributed by atoms with Crippen LogP contribution in [-0.2, 0) is 38.1 Å². The Kier molecular flexibility index (Phi) is 11.6. The van der Waals surface area contributed by atoms with Crippen molar-refractivity contribution in [1.82, 2.24) is 0 Å². The van der Waals surface area contributed by atoms with Crippen molar-refractivity contribution in [2.24, 2.45) is 16.7 Å². The first-order valence-electron chi connectivity index (χ1n) is 12.1. The number of carbonyl (C=O) groups is 4. The van der Waals surface area contributed by atoms with Crippen LogP contribution < -0.4 is 0 Å². The quantitative estimate of drug-likeness (QED) is 0.123. The van der Waals surface area contributed by atoms with Crippen LogP contribution in [-0.4, -0.2) is 50.3 Å². The van der Waals surface area contributed by atoms with Crippen LogP contribution in [0.25, 0.3) is 0 Å². The van der Waals surface area contributed by atoms with E-state index in [1.165, 1.54) is 0 Å². The van der Waals surface area contributed by atoms with Gasteiger partial charge in [0.15, 0.2) is 10.8 Å². The van der Waals surface area contributed by atoms with Crippen LogP contribution in [0.1, 0.15) is 79.6 Å². The Morgan fingerprint density at radius 3 is 1.58 bits per heavy atom. The molecule has 8 heteroatoms. The second-order valence-electron chi connectivity index (χ2n) is 8.22. The van der Waals surface area contributed by atoms with Crippen LogP contribution in [0.5, 0.6) is 0 Å². The van der Waals surface area contributed by atoms with Crippen molar-refractivity contribution in [3.05, 3.63) is 12.2 Å². The van der Waals surface area contributed by atoms with Crippen molar-refractivity contribution in [3.8, 4) is 0 Å². The molecular weight excluding hydrogens is 428 g/mol. The molecule has 8 nitrogen and oxygen atoms in total. The van der Waals surface area contributed by atoms with Crippen LogP contribution in [0.15, 0.2) is 12.2 Å². The fourth-order valence-electron chi connectivity index (χ4n) is 4.65. The normalized spacial score (nSPS) is 18.5. The zero-order valence-electron chi connectivity index (χ0n) is 20.8. The zero-order chi connectivity index (χ0) is 25.1. The Hall–Kier alpha value is -2.38. The first-order valence-corrected chi connectivity index (χ1v) is 12.1. The van der Waals surface area contributed by atoms with Crippen LogP contribution in [0, 0.1) is 16.7 Å². The first-order chi connectivity index (χ1) is 15.7. The predicted molar refractivity (Wildman–Crippen MR) is 122 cm³/mol. The molecule has 0 heterocycles. The maximum atomic E-state index is 13.4. The molecule has 1 saturated carbocycles. The average molecular weight is 469 g/mol. The Balaban J connectivity index is 3.64. The molecule has 1 unspecified atom stereocenters. The second kappa shape index (κ2) is 13.4. The lowest BCUT2D eigenvalue weighted by molar-refractivity contribution is -0.178. The summed E-state index contributed by atoms with van der Waals surface area (Å²) in [5.74, 6) is -4.22. The smallest absolute Gasteiger partial charge is 0.327 e. The SMILES string of the molecule is C=C1C(CCCCCCC)C(C(=O)OCC)(C(=O)OCC)CC1(C(=O)OCC)C(=O)OCC. The molecule has 0 aromatic rings. The van der Waals surface area contributed by atoms with Gasteiger partial charge in [0, 0.05) is 12.3 Å². The standard InChI is InChI=1S/C25H40O8/c1-7-12-13-14-15-16-19-18(6)24(20(26)30-8-2,21(27)31-9-3)17-25(19,22(28)32-10-4)23(29)33-11-5/h19H,6-17H2,1-5H3. The molecule has 0 amide bonds. The van der Waals surface area contributed by atoms with Crippen molar-refractivity contribution in [2.75, 3.05) is 26.4 Å². The number of carbonyl (C=O) groups excluding carboxylic acids is 4. The fourth-order valence-corrected chi connectivity index (χ4v) is 4.65. The summed E-state index contributed by atoms with van der Waals surface area (Å²) in [7, 11) is 0. The summed E-state index contributed by atoms with van der Waals surface area (Å²) in [6.45, 7) is 12.8. The highest BCUT2D eigenvalue weighted by Crippen LogP contribution is 2.60. The van der Waals surface area contributed by atoms with E-state index in [-0.39, 0.29) is 32.0 Å². The van der Waals surface area contributed by atoms with Gasteiger partial charge >= 0.3 is 23.9 Å². The topological polar surface area (TPSA) is 105 Å². The van der Waals surface area contributed by atoms with E-state index in [1.54, 1.807) is 27.7 Å². The molecule has 0 bridgehead atoms. The van der Waals surface area contributed by atoms with Crippen molar-refractivity contribution in [1.29, 1.82) is 0 Å². The summed E-state index contributed by atoms with van der Waals surface area (Å²) >= 11 is 0. The number of hydrogen-bond donors (Lipinski definition) is 0. The number of hydrogen-bond acceptors (Lipinski definition) is 8. The summed E-state index contributed by atoms with van der Waals surface area (Å²) < 4.78 is 21.1. The van der Waals surface area contributed by atoms with E-state index in [0.29, 0.717) is 12.8 Å². The molecule has 1 aliphatic carbocycles. The highest BCUT2D eigenvalue weighted by atomic mass is 16.6. The monoisotopic (exact) mass is 468 g/mol. The third kappa shape index (κ3) is 5.76. The molecule has 0 radical (unpaired) electrons. The number of ether oxygens (including phenoxy) is 4. The lowest BCUT2D eigenvalue weighted by Crippen LogP contribution is -2.47. The molecule has 1 rings (SSSR count). The van der Waals surface area contributed by atoms with Crippen LogP contribution in [0.4, 0.5) is 0 Å². The van der Waals surface area contributed by atoms with Gasteiger partial charge in [-0.15, -0.1) is 0 Å². The highest BCUT2D eigenvalue weighted by Gasteiger charge is 2.72. The van der Waals surface area contributed by atoms with Gasteiger partial charge in [0.25, 0.3) is 0 Å². The number of esters is 4. The minimum Gasteiger partial charge on any atom is -0.465 e. The van der Waals surface area contributed by atoms with E-state index < -0.39 is 47.0 Å². The average Bonchev–Trinajstić information content (AvgIpc) is 3.05. The minimum absolute atomic E-state index is 0.0146. The van der Waals surface area contributed by atoms with Gasteiger partial charge in [-0.3, -0.25) is 19.2 Å². The van der Waals surface area contributed by atoms with Crippen LogP contribution >= 0.6 is 0 Å². The second-order valence-corrected chi connectivity index (χ2v) is 8.22. The number of unbranched alkanes of at least 4 members (excludes halogenated alkanes) is 4. The molecular formula is C25H40O8. The summed E-state index contributed by atoms with van der Waals surface area (Å²) in [6, 6.07) is 0. The molecule has 1 aliphatic rings. The fraction of sp³-hybridized carbons (Fsp3) is 0.760. The van der Waals surface area contributed by atoms with E-state index in [1.807, 2.05) is 0 Å². The molecule has 0 spiro atoms. The van der Waals surface area contributed by atoms with Crippen molar-refractivity contribution in [2.45, 2.75) is 79.6 Å². The van der Waals surface area contributed by atoms with Crippen molar-refractivity contribution >= 4 is 23.9 Å². The number of rotatable bonds is 14. The van der Waals surface area contributed by atoms with Crippen molar-refractivity contribution in [3.63, 3.8) is 0 Å². The van der Waals surface area contributed by atoms with Crippen LogP contribution in [0.3, 0.4) is 0 Å².